The minimum atomic E-state index is -1.85. The third-order valence-corrected chi connectivity index (χ3v) is 7.83. The predicted octanol–water partition coefficient (Wildman–Crippen LogP) is 1.75. The van der Waals surface area contributed by atoms with Gasteiger partial charge in [-0.2, -0.15) is 0 Å². The fraction of sp³-hybridized carbons (Fsp3) is 0.423. The van der Waals surface area contributed by atoms with Gasteiger partial charge in [0.1, 0.15) is 12.4 Å². The Bertz CT molecular complexity index is 1440. The Labute approximate surface area is 202 Å². The number of esters is 1. The number of hydrogen-bond acceptors (Lipinski definition) is 8. The molecule has 1 unspecified atom stereocenters. The second kappa shape index (κ2) is 7.87. The number of nitrogens with zero attached hydrogens (tertiary/aromatic N) is 3. The van der Waals surface area contributed by atoms with E-state index in [1.165, 1.54) is 0 Å². The molecule has 5 heterocycles. The summed E-state index contributed by atoms with van der Waals surface area (Å²) in [5.41, 5.74) is 2.14. The number of piperazine rings is 1. The molecule has 0 radical (unpaired) electrons. The van der Waals surface area contributed by atoms with Crippen LogP contribution in [0.5, 0.6) is 5.75 Å². The minimum absolute atomic E-state index is 0.00202. The molecule has 3 aromatic rings. The topological polar surface area (TPSA) is 117 Å². The Kier molecular flexibility index (Phi) is 5.00. The number of rotatable bonds is 3. The van der Waals surface area contributed by atoms with Gasteiger partial charge in [-0.15, -0.1) is 0 Å². The first kappa shape index (κ1) is 22.2. The fourth-order valence-corrected chi connectivity index (χ4v) is 5.75. The molecule has 35 heavy (non-hydrogen) atoms. The number of phenols is 1. The molecule has 6 rings (SSSR count). The molecule has 1 aromatic carbocycles. The second-order valence-corrected chi connectivity index (χ2v) is 9.63. The van der Waals surface area contributed by atoms with Gasteiger partial charge in [-0.1, -0.05) is 6.92 Å². The van der Waals surface area contributed by atoms with Crippen molar-refractivity contribution in [2.45, 2.75) is 45.1 Å². The number of ether oxygens (including phenoxy) is 1. The smallest absolute Gasteiger partial charge is 0.343 e. The maximum Gasteiger partial charge on any atom is 0.343 e. The van der Waals surface area contributed by atoms with Crippen LogP contribution in [-0.2, 0) is 28.3 Å². The molecular weight excluding hydrogens is 448 g/mol. The van der Waals surface area contributed by atoms with Crippen LogP contribution in [0.1, 0.15) is 48.6 Å². The zero-order chi connectivity index (χ0) is 24.5. The number of aliphatic hydroxyl groups is 1. The van der Waals surface area contributed by atoms with E-state index in [0.29, 0.717) is 29.1 Å². The van der Waals surface area contributed by atoms with Crippen LogP contribution in [0.3, 0.4) is 0 Å². The number of aromatic hydroxyl groups is 1. The van der Waals surface area contributed by atoms with E-state index < -0.39 is 11.6 Å². The van der Waals surface area contributed by atoms with Crippen molar-refractivity contribution in [1.29, 1.82) is 0 Å². The van der Waals surface area contributed by atoms with Gasteiger partial charge >= 0.3 is 5.97 Å². The van der Waals surface area contributed by atoms with E-state index in [-0.39, 0.29) is 30.4 Å². The van der Waals surface area contributed by atoms with Crippen LogP contribution in [0.15, 0.2) is 29.1 Å². The molecule has 2 aromatic heterocycles. The van der Waals surface area contributed by atoms with Crippen molar-refractivity contribution >= 4 is 16.9 Å². The maximum absolute atomic E-state index is 13.4. The lowest BCUT2D eigenvalue weighted by molar-refractivity contribution is -0.172. The molecular formula is C26H28N4O5. The van der Waals surface area contributed by atoms with Gasteiger partial charge in [0.15, 0.2) is 5.60 Å². The molecule has 0 bridgehead atoms. The Morgan fingerprint density at radius 3 is 2.74 bits per heavy atom. The fourth-order valence-electron chi connectivity index (χ4n) is 5.75. The second-order valence-electron chi connectivity index (χ2n) is 9.63. The Balaban J connectivity index is 1.52. The maximum atomic E-state index is 13.4. The third-order valence-electron chi connectivity index (χ3n) is 7.83. The number of nitrogens with one attached hydrogen (secondary N) is 1. The van der Waals surface area contributed by atoms with E-state index in [1.54, 1.807) is 29.7 Å². The summed E-state index contributed by atoms with van der Waals surface area (Å²) in [5.74, 6) is -0.499. The first-order valence-corrected chi connectivity index (χ1v) is 12.1. The van der Waals surface area contributed by atoms with Gasteiger partial charge < -0.3 is 24.8 Å². The zero-order valence-corrected chi connectivity index (χ0v) is 19.8. The zero-order valence-electron chi connectivity index (χ0n) is 19.8. The Morgan fingerprint density at radius 1 is 1.23 bits per heavy atom. The van der Waals surface area contributed by atoms with Crippen molar-refractivity contribution in [3.63, 3.8) is 0 Å². The van der Waals surface area contributed by atoms with Crippen molar-refractivity contribution in [3.05, 3.63) is 56.9 Å². The van der Waals surface area contributed by atoms with Gasteiger partial charge in [-0.3, -0.25) is 9.69 Å². The Hall–Kier alpha value is -3.27. The Morgan fingerprint density at radius 2 is 2.00 bits per heavy atom. The number of benzene rings is 1. The summed E-state index contributed by atoms with van der Waals surface area (Å²) in [6.45, 7) is 7.56. The number of phenolic OH excluding ortho intramolecular Hbond substituents is 1. The number of carbonyl (C=O) groups excluding carboxylic acids is 1. The highest BCUT2D eigenvalue weighted by Gasteiger charge is 2.45. The standard InChI is InChI=1S/C26H28N4O5/c1-3-26(34)18-11-20-23-15(12-30(20)24(32)17(18)13-35-25(26)33)10-16-19(28-23)4-5-21(31)22(16)14(2)29-8-6-27-7-9-29/h4-5,10-11,14,27,31,34H,3,6-9,12-13H2,1-2H3/t14?,26-/m0/s1. The summed E-state index contributed by atoms with van der Waals surface area (Å²) >= 11 is 0. The summed E-state index contributed by atoms with van der Waals surface area (Å²) in [7, 11) is 0. The van der Waals surface area contributed by atoms with Crippen molar-refractivity contribution < 1.29 is 19.7 Å². The summed E-state index contributed by atoms with van der Waals surface area (Å²) in [6, 6.07) is 7.21. The highest BCUT2D eigenvalue weighted by atomic mass is 16.6. The predicted molar refractivity (Wildman–Crippen MR) is 129 cm³/mol. The van der Waals surface area contributed by atoms with E-state index in [1.807, 2.05) is 6.07 Å². The molecule has 182 valence electrons. The normalized spacial score (nSPS) is 22.4. The number of cyclic esters (lactones) is 1. The van der Waals surface area contributed by atoms with Crippen LogP contribution < -0.4 is 10.9 Å². The van der Waals surface area contributed by atoms with Crippen LogP contribution in [-0.4, -0.2) is 56.8 Å². The molecule has 1 saturated heterocycles. The lowest BCUT2D eigenvalue weighted by Gasteiger charge is -2.33. The van der Waals surface area contributed by atoms with Gasteiger partial charge in [-0.25, -0.2) is 9.78 Å². The lowest BCUT2D eigenvalue weighted by Crippen LogP contribution is -2.44. The largest absolute Gasteiger partial charge is 0.508 e. The summed E-state index contributed by atoms with van der Waals surface area (Å²) in [6.07, 6.45) is 0.103. The first-order chi connectivity index (χ1) is 16.8. The van der Waals surface area contributed by atoms with Gasteiger partial charge in [0, 0.05) is 54.3 Å². The van der Waals surface area contributed by atoms with Gasteiger partial charge in [-0.05, 0) is 37.6 Å². The molecule has 3 aliphatic heterocycles. The first-order valence-electron chi connectivity index (χ1n) is 12.1. The van der Waals surface area contributed by atoms with Crippen molar-refractivity contribution in [1.82, 2.24) is 19.8 Å². The van der Waals surface area contributed by atoms with Crippen LogP contribution in [0.25, 0.3) is 22.3 Å². The van der Waals surface area contributed by atoms with Crippen molar-refractivity contribution in [2.24, 2.45) is 0 Å². The van der Waals surface area contributed by atoms with Crippen LogP contribution >= 0.6 is 0 Å². The monoisotopic (exact) mass is 476 g/mol. The quantitative estimate of drug-likeness (QED) is 0.383. The van der Waals surface area contributed by atoms with Gasteiger partial charge in [0.2, 0.25) is 0 Å². The highest BCUT2D eigenvalue weighted by Crippen LogP contribution is 2.41. The molecule has 1 fully saturated rings. The summed E-state index contributed by atoms with van der Waals surface area (Å²) in [4.78, 5) is 33.0. The minimum Gasteiger partial charge on any atom is -0.508 e. The van der Waals surface area contributed by atoms with E-state index >= 15 is 0 Å². The van der Waals surface area contributed by atoms with Gasteiger partial charge in [0.25, 0.3) is 5.56 Å². The number of hydrogen-bond donors (Lipinski definition) is 3. The summed E-state index contributed by atoms with van der Waals surface area (Å²) in [5, 5.41) is 26.1. The molecule has 3 aliphatic rings. The average molecular weight is 477 g/mol. The summed E-state index contributed by atoms with van der Waals surface area (Å²) < 4.78 is 6.78. The average Bonchev–Trinajstić information content (AvgIpc) is 3.23. The number of carbonyl (C=O) groups is 1. The van der Waals surface area contributed by atoms with Crippen molar-refractivity contribution in [2.75, 3.05) is 26.2 Å². The van der Waals surface area contributed by atoms with E-state index in [9.17, 15) is 19.8 Å². The molecule has 0 aliphatic carbocycles. The van der Waals surface area contributed by atoms with E-state index in [0.717, 1.165) is 48.2 Å². The molecule has 3 N–H and O–H groups in total. The molecule has 2 atom stereocenters. The van der Waals surface area contributed by atoms with Crippen molar-refractivity contribution in [3.8, 4) is 17.1 Å². The van der Waals surface area contributed by atoms with E-state index in [4.69, 9.17) is 9.72 Å². The molecule has 9 heteroatoms. The highest BCUT2D eigenvalue weighted by molar-refractivity contribution is 5.89. The molecule has 9 nitrogen and oxygen atoms in total. The van der Waals surface area contributed by atoms with Crippen LogP contribution in [0.2, 0.25) is 0 Å². The molecule has 0 amide bonds. The van der Waals surface area contributed by atoms with E-state index in [2.05, 4.69) is 17.1 Å². The number of pyridine rings is 2. The number of aromatic nitrogens is 2. The van der Waals surface area contributed by atoms with Crippen LogP contribution in [0.4, 0.5) is 0 Å². The van der Waals surface area contributed by atoms with Crippen LogP contribution in [0, 0.1) is 0 Å². The third kappa shape index (κ3) is 3.15. The molecule has 0 spiro atoms. The SMILES string of the molecule is CC[C@@]1(O)C(=O)OCc2c1cc1n(c2=O)Cc2cc3c(C(C)N4CCNCC4)c(O)ccc3nc2-1. The lowest BCUT2D eigenvalue weighted by atomic mass is 9.86. The number of fused-ring (bicyclic) bond motifs is 5. The molecule has 0 saturated carbocycles. The van der Waals surface area contributed by atoms with Gasteiger partial charge in [0.05, 0.1) is 29.0 Å².